The zero-order valence-corrected chi connectivity index (χ0v) is 9.94. The van der Waals surface area contributed by atoms with E-state index in [4.69, 9.17) is 16.9 Å². The van der Waals surface area contributed by atoms with Crippen LogP contribution in [0.4, 0.5) is 5.69 Å². The molecule has 0 aliphatic rings. The van der Waals surface area contributed by atoms with Crippen molar-refractivity contribution in [3.63, 3.8) is 0 Å². The van der Waals surface area contributed by atoms with Gasteiger partial charge in [-0.25, -0.2) is 0 Å². The number of hydrogen-bond donors (Lipinski definition) is 0. The summed E-state index contributed by atoms with van der Waals surface area (Å²) < 4.78 is 0.327. The van der Waals surface area contributed by atoms with Gasteiger partial charge in [0, 0.05) is 15.7 Å². The molecule has 0 aromatic heterocycles. The van der Waals surface area contributed by atoms with Crippen molar-refractivity contribution in [3.05, 3.63) is 36.9 Å². The van der Waals surface area contributed by atoms with Crippen molar-refractivity contribution in [2.45, 2.75) is 0 Å². The minimum atomic E-state index is -0.881. The van der Waals surface area contributed by atoms with Gasteiger partial charge in [-0.2, -0.15) is 5.26 Å². The summed E-state index contributed by atoms with van der Waals surface area (Å²) in [6, 6.07) is 3.98. The maximum atomic E-state index is 10.9. The van der Waals surface area contributed by atoms with Crippen LogP contribution in [0.25, 0.3) is 0 Å². The molecule has 15 heavy (non-hydrogen) atoms. The van der Waals surface area contributed by atoms with E-state index in [-0.39, 0.29) is 16.8 Å². The van der Waals surface area contributed by atoms with Crippen molar-refractivity contribution in [2.24, 2.45) is 0 Å². The highest BCUT2D eigenvalue weighted by Crippen LogP contribution is 2.24. The second kappa shape index (κ2) is 4.55. The molecule has 0 radical (unpaired) electrons. The maximum absolute atomic E-state index is 10.9. The Balaban J connectivity index is 3.54. The standard InChI is InChI=1S/C8H2ClIN2O3/c9-8(13)5-1-4(12(14)15)2-7(10)6(5)3-11/h1-2H. The molecule has 0 aliphatic heterocycles. The van der Waals surface area contributed by atoms with Crippen LogP contribution in [0.1, 0.15) is 15.9 Å². The summed E-state index contributed by atoms with van der Waals surface area (Å²) in [6.07, 6.45) is 0. The van der Waals surface area contributed by atoms with Crippen LogP contribution in [0.15, 0.2) is 12.1 Å². The summed E-state index contributed by atoms with van der Waals surface area (Å²) in [6.45, 7) is 0. The van der Waals surface area contributed by atoms with Crippen molar-refractivity contribution in [1.82, 2.24) is 0 Å². The maximum Gasteiger partial charge on any atom is 0.271 e. The first kappa shape index (κ1) is 11.9. The molecule has 0 spiro atoms. The van der Waals surface area contributed by atoms with E-state index in [0.717, 1.165) is 6.07 Å². The lowest BCUT2D eigenvalue weighted by atomic mass is 10.1. The minimum Gasteiger partial charge on any atom is -0.276 e. The normalized spacial score (nSPS) is 9.40. The van der Waals surface area contributed by atoms with Gasteiger partial charge in [0.15, 0.2) is 0 Å². The SMILES string of the molecule is N#Cc1c(I)cc([N+](=O)[O-])cc1C(=O)Cl. The van der Waals surface area contributed by atoms with E-state index in [1.54, 1.807) is 28.7 Å². The molecule has 0 bridgehead atoms. The summed E-state index contributed by atoms with van der Waals surface area (Å²) in [5, 5.41) is 18.4. The molecule has 7 heteroatoms. The number of nitriles is 1. The Kier molecular flexibility index (Phi) is 3.60. The van der Waals surface area contributed by atoms with E-state index < -0.39 is 10.2 Å². The van der Waals surface area contributed by atoms with E-state index in [1.807, 2.05) is 0 Å². The fraction of sp³-hybridized carbons (Fsp3) is 0. The number of non-ortho nitro benzene ring substituents is 1. The van der Waals surface area contributed by atoms with E-state index in [1.165, 1.54) is 6.07 Å². The number of benzene rings is 1. The third-order valence-electron chi connectivity index (χ3n) is 1.61. The lowest BCUT2D eigenvalue weighted by molar-refractivity contribution is -0.385. The Morgan fingerprint density at radius 2 is 2.20 bits per heavy atom. The first-order valence-electron chi connectivity index (χ1n) is 3.55. The number of nitro groups is 1. The van der Waals surface area contributed by atoms with Crippen LogP contribution in [-0.2, 0) is 0 Å². The number of nitrogens with zero attached hydrogens (tertiary/aromatic N) is 2. The van der Waals surface area contributed by atoms with Crippen molar-refractivity contribution < 1.29 is 9.72 Å². The Labute approximate surface area is 103 Å². The third kappa shape index (κ3) is 2.43. The molecule has 0 aliphatic carbocycles. The molecule has 0 saturated heterocycles. The summed E-state index contributed by atoms with van der Waals surface area (Å²) in [5.41, 5.74) is -0.346. The van der Waals surface area contributed by atoms with Crippen LogP contribution in [0.5, 0.6) is 0 Å². The molecule has 0 atom stereocenters. The van der Waals surface area contributed by atoms with E-state index >= 15 is 0 Å². The number of halogens is 2. The molecule has 0 heterocycles. The molecule has 1 aromatic rings. The van der Waals surface area contributed by atoms with Gasteiger partial charge in [0.25, 0.3) is 10.9 Å². The van der Waals surface area contributed by atoms with Gasteiger partial charge < -0.3 is 0 Å². The molecule has 76 valence electrons. The van der Waals surface area contributed by atoms with Gasteiger partial charge in [-0.3, -0.25) is 14.9 Å². The largest absolute Gasteiger partial charge is 0.276 e. The Morgan fingerprint density at radius 1 is 1.60 bits per heavy atom. The second-order valence-electron chi connectivity index (χ2n) is 2.49. The summed E-state index contributed by atoms with van der Waals surface area (Å²) in [4.78, 5) is 20.8. The third-order valence-corrected chi connectivity index (χ3v) is 2.66. The van der Waals surface area contributed by atoms with Gasteiger partial charge in [0.05, 0.1) is 16.1 Å². The number of carbonyl (C=O) groups excluding carboxylic acids is 1. The highest BCUT2D eigenvalue weighted by molar-refractivity contribution is 14.1. The van der Waals surface area contributed by atoms with Gasteiger partial charge >= 0.3 is 0 Å². The monoisotopic (exact) mass is 336 g/mol. The zero-order valence-electron chi connectivity index (χ0n) is 7.03. The van der Waals surface area contributed by atoms with Gasteiger partial charge in [-0.1, -0.05) is 0 Å². The molecule has 1 aromatic carbocycles. The Morgan fingerprint density at radius 3 is 2.60 bits per heavy atom. The van der Waals surface area contributed by atoms with Crippen LogP contribution in [-0.4, -0.2) is 10.2 Å². The predicted octanol–water partition coefficient (Wildman–Crippen LogP) is 2.45. The van der Waals surface area contributed by atoms with Crippen LogP contribution in [0.2, 0.25) is 0 Å². The van der Waals surface area contributed by atoms with Crippen LogP contribution in [0.3, 0.4) is 0 Å². The van der Waals surface area contributed by atoms with E-state index in [0.29, 0.717) is 3.57 Å². The lowest BCUT2D eigenvalue weighted by Crippen LogP contribution is -2.00. The Hall–Kier alpha value is -1.20. The quantitative estimate of drug-likeness (QED) is 0.359. The Bertz CT molecular complexity index is 495. The second-order valence-corrected chi connectivity index (χ2v) is 4.00. The van der Waals surface area contributed by atoms with Gasteiger partial charge in [-0.05, 0) is 34.2 Å². The number of carbonyl (C=O) groups is 1. The van der Waals surface area contributed by atoms with Crippen molar-refractivity contribution in [1.29, 1.82) is 5.26 Å². The highest BCUT2D eigenvalue weighted by Gasteiger charge is 2.18. The molecular formula is C8H2ClIN2O3. The van der Waals surface area contributed by atoms with E-state index in [2.05, 4.69) is 0 Å². The van der Waals surface area contributed by atoms with Gasteiger partial charge in [0.2, 0.25) is 0 Å². The average Bonchev–Trinajstić information content (AvgIpc) is 2.16. The van der Waals surface area contributed by atoms with Crippen molar-refractivity contribution in [3.8, 4) is 6.07 Å². The minimum absolute atomic E-state index is 0.0567. The number of rotatable bonds is 2. The van der Waals surface area contributed by atoms with E-state index in [9.17, 15) is 14.9 Å². The molecular weight excluding hydrogens is 334 g/mol. The summed E-state index contributed by atoms with van der Waals surface area (Å²) in [5.74, 6) is 0. The topological polar surface area (TPSA) is 84.0 Å². The number of nitro benzene ring substituents is 1. The first-order chi connectivity index (χ1) is 6.97. The van der Waals surface area contributed by atoms with Crippen LogP contribution < -0.4 is 0 Å². The highest BCUT2D eigenvalue weighted by atomic mass is 127. The molecule has 0 unspecified atom stereocenters. The van der Waals surface area contributed by atoms with Gasteiger partial charge in [-0.15, -0.1) is 0 Å². The zero-order chi connectivity index (χ0) is 11.6. The lowest BCUT2D eigenvalue weighted by Gasteiger charge is -2.00. The molecule has 0 N–H and O–H groups in total. The molecule has 0 amide bonds. The van der Waals surface area contributed by atoms with Crippen molar-refractivity contribution in [2.75, 3.05) is 0 Å². The molecule has 0 saturated carbocycles. The van der Waals surface area contributed by atoms with Crippen molar-refractivity contribution >= 4 is 45.1 Å². The summed E-state index contributed by atoms with van der Waals surface area (Å²) in [7, 11) is 0. The molecule has 0 fully saturated rings. The predicted molar refractivity (Wildman–Crippen MR) is 60.7 cm³/mol. The van der Waals surface area contributed by atoms with Crippen LogP contribution >= 0.6 is 34.2 Å². The van der Waals surface area contributed by atoms with Crippen LogP contribution in [0, 0.1) is 25.0 Å². The fourth-order valence-corrected chi connectivity index (χ4v) is 1.85. The smallest absolute Gasteiger partial charge is 0.271 e. The average molecular weight is 336 g/mol. The molecule has 1 rings (SSSR count). The summed E-state index contributed by atoms with van der Waals surface area (Å²) >= 11 is 6.96. The molecule has 5 nitrogen and oxygen atoms in total. The number of hydrogen-bond acceptors (Lipinski definition) is 4. The fourth-order valence-electron chi connectivity index (χ4n) is 0.966. The first-order valence-corrected chi connectivity index (χ1v) is 5.01. The van der Waals surface area contributed by atoms with Gasteiger partial charge in [0.1, 0.15) is 6.07 Å².